The number of fused-ring (bicyclic) bond motifs is 1. The lowest BCUT2D eigenvalue weighted by Gasteiger charge is -2.37. The molecule has 0 saturated carbocycles. The molecule has 34 heavy (non-hydrogen) atoms. The minimum atomic E-state index is -4.49. The summed E-state index contributed by atoms with van der Waals surface area (Å²) in [7, 11) is 1.48. The molecule has 2 aromatic heterocycles. The highest BCUT2D eigenvalue weighted by Crippen LogP contribution is 2.31. The van der Waals surface area contributed by atoms with Crippen LogP contribution in [-0.4, -0.2) is 44.7 Å². The SMILES string of the molecule is CCc1cn(-c2ccc3n(c2=O)CC(COC)N(Cc2cc(C)cc(C(F)(F)F)c2)C3=O)cn1. The maximum atomic E-state index is 13.4. The zero-order chi connectivity index (χ0) is 24.6. The monoisotopic (exact) mass is 474 g/mol. The Balaban J connectivity index is 1.71. The summed E-state index contributed by atoms with van der Waals surface area (Å²) in [6, 6.07) is 6.36. The fourth-order valence-electron chi connectivity index (χ4n) is 4.28. The van der Waals surface area contributed by atoms with Gasteiger partial charge in [-0.25, -0.2) is 4.98 Å². The van der Waals surface area contributed by atoms with Crippen LogP contribution in [0.1, 0.15) is 39.8 Å². The van der Waals surface area contributed by atoms with Crippen molar-refractivity contribution in [3.63, 3.8) is 0 Å². The van der Waals surface area contributed by atoms with Crippen LogP contribution in [0.2, 0.25) is 0 Å². The van der Waals surface area contributed by atoms with Gasteiger partial charge in [-0.15, -0.1) is 0 Å². The van der Waals surface area contributed by atoms with E-state index in [9.17, 15) is 22.8 Å². The van der Waals surface area contributed by atoms with Gasteiger partial charge < -0.3 is 14.2 Å². The third-order valence-corrected chi connectivity index (χ3v) is 5.92. The van der Waals surface area contributed by atoms with Gasteiger partial charge in [-0.05, 0) is 43.2 Å². The minimum Gasteiger partial charge on any atom is -0.382 e. The molecule has 0 aliphatic carbocycles. The van der Waals surface area contributed by atoms with Gasteiger partial charge in [-0.3, -0.25) is 14.2 Å². The van der Waals surface area contributed by atoms with E-state index in [0.29, 0.717) is 16.8 Å². The minimum absolute atomic E-state index is 0.0328. The van der Waals surface area contributed by atoms with E-state index in [4.69, 9.17) is 4.74 Å². The van der Waals surface area contributed by atoms with Gasteiger partial charge in [0.1, 0.15) is 11.4 Å². The van der Waals surface area contributed by atoms with Gasteiger partial charge in [0, 0.05) is 26.4 Å². The average Bonchev–Trinajstić information content (AvgIpc) is 3.25. The third-order valence-electron chi connectivity index (χ3n) is 5.92. The van der Waals surface area contributed by atoms with Crippen molar-refractivity contribution in [3.8, 4) is 5.69 Å². The van der Waals surface area contributed by atoms with Crippen molar-refractivity contribution in [2.45, 2.75) is 45.6 Å². The number of methoxy groups -OCH3 is 1. The summed E-state index contributed by atoms with van der Waals surface area (Å²) in [5.74, 6) is -0.438. The Labute approximate surface area is 194 Å². The fourth-order valence-corrected chi connectivity index (χ4v) is 4.28. The summed E-state index contributed by atoms with van der Waals surface area (Å²) >= 11 is 0. The molecule has 0 N–H and O–H groups in total. The number of rotatable bonds is 6. The molecule has 180 valence electrons. The van der Waals surface area contributed by atoms with E-state index in [0.717, 1.165) is 24.2 Å². The van der Waals surface area contributed by atoms with Crippen molar-refractivity contribution in [1.29, 1.82) is 0 Å². The maximum Gasteiger partial charge on any atom is 0.416 e. The summed E-state index contributed by atoms with van der Waals surface area (Å²) in [6.07, 6.45) is -0.442. The Hall–Kier alpha value is -3.40. The zero-order valence-corrected chi connectivity index (χ0v) is 19.1. The van der Waals surface area contributed by atoms with E-state index >= 15 is 0 Å². The molecule has 10 heteroatoms. The van der Waals surface area contributed by atoms with E-state index in [1.54, 1.807) is 42.2 Å². The molecule has 0 fully saturated rings. The standard InChI is InChI=1S/C24H25F3N4O3/c1-4-18-11-29(14-28-18)20-5-6-21-23(33)30(19(13-34-3)12-31(21)22(20)32)10-16-7-15(2)8-17(9-16)24(25,26)27/h5-9,11,14,19H,4,10,12-13H2,1-3H3. The fraction of sp³-hybridized carbons (Fsp3) is 0.375. The lowest BCUT2D eigenvalue weighted by atomic mass is 10.0. The van der Waals surface area contributed by atoms with Crippen LogP contribution in [0.3, 0.4) is 0 Å². The summed E-state index contributed by atoms with van der Waals surface area (Å²) in [5.41, 5.74) is 1.08. The van der Waals surface area contributed by atoms with Crippen molar-refractivity contribution in [1.82, 2.24) is 19.0 Å². The molecule has 4 rings (SSSR count). The van der Waals surface area contributed by atoms with Crippen molar-refractivity contribution in [3.05, 3.63) is 81.3 Å². The highest BCUT2D eigenvalue weighted by atomic mass is 19.4. The number of benzene rings is 1. The molecule has 1 unspecified atom stereocenters. The third kappa shape index (κ3) is 4.50. The number of carbonyl (C=O) groups is 1. The van der Waals surface area contributed by atoms with Crippen LogP contribution in [0.5, 0.6) is 0 Å². The van der Waals surface area contributed by atoms with E-state index in [-0.39, 0.29) is 30.9 Å². The van der Waals surface area contributed by atoms with Gasteiger partial charge in [-0.2, -0.15) is 13.2 Å². The average molecular weight is 474 g/mol. The Morgan fingerprint density at radius 1 is 1.18 bits per heavy atom. The number of hydrogen-bond acceptors (Lipinski definition) is 4. The van der Waals surface area contributed by atoms with Crippen molar-refractivity contribution < 1.29 is 22.7 Å². The molecule has 0 spiro atoms. The molecule has 1 aromatic carbocycles. The van der Waals surface area contributed by atoms with Crippen molar-refractivity contribution >= 4 is 5.91 Å². The van der Waals surface area contributed by atoms with Gasteiger partial charge >= 0.3 is 6.18 Å². The lowest BCUT2D eigenvalue weighted by Crippen LogP contribution is -2.52. The van der Waals surface area contributed by atoms with Crippen LogP contribution >= 0.6 is 0 Å². The van der Waals surface area contributed by atoms with Gasteiger partial charge in [0.05, 0.1) is 30.2 Å². The van der Waals surface area contributed by atoms with Crippen LogP contribution in [-0.2, 0) is 30.4 Å². The van der Waals surface area contributed by atoms with Crippen LogP contribution in [0.25, 0.3) is 5.69 Å². The van der Waals surface area contributed by atoms with Gasteiger partial charge in [-0.1, -0.05) is 18.6 Å². The number of imidazole rings is 1. The Kier molecular flexibility index (Phi) is 6.35. The normalized spacial score (nSPS) is 16.1. The van der Waals surface area contributed by atoms with Crippen LogP contribution in [0.15, 0.2) is 47.7 Å². The summed E-state index contributed by atoms with van der Waals surface area (Å²) < 4.78 is 48.2. The van der Waals surface area contributed by atoms with Crippen LogP contribution in [0.4, 0.5) is 13.2 Å². The molecule has 1 aliphatic heterocycles. The summed E-state index contributed by atoms with van der Waals surface area (Å²) in [5, 5.41) is 0. The Morgan fingerprint density at radius 3 is 2.59 bits per heavy atom. The number of amides is 1. The van der Waals surface area contributed by atoms with Gasteiger partial charge in [0.2, 0.25) is 0 Å². The Bertz CT molecular complexity index is 1280. The molecule has 3 heterocycles. The number of aromatic nitrogens is 3. The maximum absolute atomic E-state index is 13.4. The molecule has 7 nitrogen and oxygen atoms in total. The van der Waals surface area contributed by atoms with Crippen molar-refractivity contribution in [2.75, 3.05) is 13.7 Å². The molecule has 1 amide bonds. The second-order valence-electron chi connectivity index (χ2n) is 8.39. The Morgan fingerprint density at radius 2 is 1.94 bits per heavy atom. The molecule has 3 aromatic rings. The van der Waals surface area contributed by atoms with E-state index < -0.39 is 23.7 Å². The first kappa shape index (κ1) is 23.7. The number of pyridine rings is 1. The first-order chi connectivity index (χ1) is 16.1. The second-order valence-corrected chi connectivity index (χ2v) is 8.39. The number of hydrogen-bond donors (Lipinski definition) is 0. The highest BCUT2D eigenvalue weighted by molar-refractivity contribution is 5.93. The topological polar surface area (TPSA) is 69.4 Å². The van der Waals surface area contributed by atoms with Gasteiger partial charge in [0.15, 0.2) is 0 Å². The zero-order valence-electron chi connectivity index (χ0n) is 19.1. The van der Waals surface area contributed by atoms with Gasteiger partial charge in [0.25, 0.3) is 11.5 Å². The molecule has 0 bridgehead atoms. The largest absolute Gasteiger partial charge is 0.416 e. The predicted octanol–water partition coefficient (Wildman–Crippen LogP) is 3.59. The van der Waals surface area contributed by atoms with E-state index in [2.05, 4.69) is 4.98 Å². The van der Waals surface area contributed by atoms with E-state index in [1.165, 1.54) is 16.6 Å². The molecule has 1 aliphatic rings. The van der Waals surface area contributed by atoms with E-state index in [1.807, 2.05) is 6.92 Å². The predicted molar refractivity (Wildman–Crippen MR) is 119 cm³/mol. The summed E-state index contributed by atoms with van der Waals surface area (Å²) in [6.45, 7) is 3.80. The quantitative estimate of drug-likeness (QED) is 0.548. The molecule has 1 atom stereocenters. The van der Waals surface area contributed by atoms with Crippen LogP contribution < -0.4 is 5.56 Å². The summed E-state index contributed by atoms with van der Waals surface area (Å²) in [4.78, 5) is 32.4. The highest BCUT2D eigenvalue weighted by Gasteiger charge is 2.35. The number of nitrogens with zero attached hydrogens (tertiary/aromatic N) is 4. The van der Waals surface area contributed by atoms with Crippen LogP contribution in [0, 0.1) is 6.92 Å². The molecular formula is C24H25F3N4O3. The first-order valence-electron chi connectivity index (χ1n) is 10.9. The molecule has 0 saturated heterocycles. The first-order valence-corrected chi connectivity index (χ1v) is 10.9. The number of ether oxygens (including phenoxy) is 1. The molecule has 0 radical (unpaired) electrons. The molecular weight excluding hydrogens is 449 g/mol. The smallest absolute Gasteiger partial charge is 0.382 e. The lowest BCUT2D eigenvalue weighted by molar-refractivity contribution is -0.137. The number of halogens is 3. The van der Waals surface area contributed by atoms with Crippen molar-refractivity contribution in [2.24, 2.45) is 0 Å². The number of aryl methyl sites for hydroxylation is 2. The number of alkyl halides is 3. The number of carbonyl (C=O) groups excluding carboxylic acids is 1. The second kappa shape index (κ2) is 9.09.